The molecular weight excluding hydrogens is 877 g/mol. The molecule has 5 amide bonds. The van der Waals surface area contributed by atoms with Gasteiger partial charge in [-0.1, -0.05) is 54.6 Å². The average Bonchev–Trinajstić information content (AvgIpc) is 3.92. The van der Waals surface area contributed by atoms with Crippen molar-refractivity contribution in [3.8, 4) is 11.1 Å². The molecular formula is C52H60N10O7. The van der Waals surface area contributed by atoms with Crippen molar-refractivity contribution in [3.05, 3.63) is 128 Å². The van der Waals surface area contributed by atoms with E-state index in [-0.39, 0.29) is 53.3 Å². The van der Waals surface area contributed by atoms with E-state index in [4.69, 9.17) is 4.74 Å². The standard InChI is InChI=1S/C52H60N10O7/c1-5-39-28-38(18-25-69-39)61(30-41-33(3)26-34(4)54-48(41)64)45-27-37(13-10-32(45)2)36-14-11-35(12-15-36)29-58-21-23-59(24-22-58)51(67)43-31-60(57-56-43)20-7-19-53-42-9-6-8-40-47(42)52(68)62(50(40)66)44-16-17-46(63)55-49(44)65/h6,8-15,26-27,31,38-39,44,53H,5,7,16-25,28-30H2,1-4H3,(H,54,64)(H,55,63,65). The first-order valence-corrected chi connectivity index (χ1v) is 24.1. The van der Waals surface area contributed by atoms with Crippen molar-refractivity contribution in [2.24, 2.45) is 0 Å². The third kappa shape index (κ3) is 10.1. The highest BCUT2D eigenvalue weighted by molar-refractivity contribution is 6.25. The number of nitrogens with zero attached hydrogens (tertiary/aromatic N) is 7. The number of amides is 5. The molecule has 4 aliphatic rings. The molecule has 0 bridgehead atoms. The predicted molar refractivity (Wildman–Crippen MR) is 260 cm³/mol. The smallest absolute Gasteiger partial charge is 0.276 e. The van der Waals surface area contributed by atoms with E-state index in [2.05, 4.69) is 98.1 Å². The van der Waals surface area contributed by atoms with E-state index < -0.39 is 29.7 Å². The number of aromatic nitrogens is 4. The van der Waals surface area contributed by atoms with E-state index in [9.17, 15) is 28.8 Å². The number of anilines is 2. The number of aromatic amines is 1. The molecule has 0 radical (unpaired) electrons. The first kappa shape index (κ1) is 47.1. The second-order valence-corrected chi connectivity index (χ2v) is 18.7. The molecule has 0 aliphatic carbocycles. The van der Waals surface area contributed by atoms with E-state index in [1.165, 1.54) is 11.1 Å². The molecule has 17 heteroatoms. The van der Waals surface area contributed by atoms with Crippen molar-refractivity contribution in [2.45, 2.75) is 104 Å². The highest BCUT2D eigenvalue weighted by Crippen LogP contribution is 2.35. The van der Waals surface area contributed by atoms with Crippen molar-refractivity contribution in [1.82, 2.24) is 40.0 Å². The fourth-order valence-corrected chi connectivity index (χ4v) is 10.1. The Balaban J connectivity index is 0.766. The van der Waals surface area contributed by atoms with E-state index >= 15 is 0 Å². The normalized spacial score (nSPS) is 19.7. The summed E-state index contributed by atoms with van der Waals surface area (Å²) >= 11 is 0. The number of hydrogen-bond acceptors (Lipinski definition) is 12. The quantitative estimate of drug-likeness (QED) is 0.0897. The highest BCUT2D eigenvalue weighted by Gasteiger charge is 2.45. The number of piperidine rings is 1. The molecule has 9 rings (SSSR count). The zero-order valence-corrected chi connectivity index (χ0v) is 39.8. The van der Waals surface area contributed by atoms with Crippen LogP contribution in [0.15, 0.2) is 77.7 Å². The van der Waals surface area contributed by atoms with Gasteiger partial charge in [-0.2, -0.15) is 0 Å². The Morgan fingerprint density at radius 3 is 2.43 bits per heavy atom. The Morgan fingerprint density at radius 2 is 1.68 bits per heavy atom. The molecule has 2 aromatic heterocycles. The number of carbonyl (C=O) groups excluding carboxylic acids is 5. The summed E-state index contributed by atoms with van der Waals surface area (Å²) in [5.41, 5.74) is 9.54. The van der Waals surface area contributed by atoms with Crippen molar-refractivity contribution in [2.75, 3.05) is 49.5 Å². The second-order valence-electron chi connectivity index (χ2n) is 18.7. The Kier molecular flexibility index (Phi) is 13.9. The molecule has 3 aromatic carbocycles. The van der Waals surface area contributed by atoms with E-state index in [1.807, 2.05) is 18.7 Å². The molecule has 360 valence electrons. The maximum absolute atomic E-state index is 13.5. The van der Waals surface area contributed by atoms with Gasteiger partial charge in [0.25, 0.3) is 23.3 Å². The topological polar surface area (TPSA) is 195 Å². The SMILES string of the molecule is CCC1CC(N(Cc2c(C)cc(C)[nH]c2=O)c2cc(-c3ccc(CN4CCN(C(=O)c5cn(CCCNc6cccc7c6C(=O)N(C6CCC(=O)NC6=O)C7=O)nn5)CC4)cc3)ccc2C)CCO1. The summed E-state index contributed by atoms with van der Waals surface area (Å²) in [6, 6.07) is 21.6. The van der Waals surface area contributed by atoms with Crippen molar-refractivity contribution < 1.29 is 28.7 Å². The van der Waals surface area contributed by atoms with Crippen LogP contribution in [-0.4, -0.2) is 122 Å². The van der Waals surface area contributed by atoms with Crippen LogP contribution in [0.2, 0.25) is 0 Å². The van der Waals surface area contributed by atoms with Crippen LogP contribution in [0.25, 0.3) is 11.1 Å². The monoisotopic (exact) mass is 936 g/mol. The van der Waals surface area contributed by atoms with E-state index in [1.54, 1.807) is 29.1 Å². The van der Waals surface area contributed by atoms with Crippen LogP contribution in [0.1, 0.15) is 105 Å². The lowest BCUT2D eigenvalue weighted by molar-refractivity contribution is -0.136. The first-order valence-electron chi connectivity index (χ1n) is 24.1. The van der Waals surface area contributed by atoms with Crippen LogP contribution in [-0.2, 0) is 34.0 Å². The molecule has 3 atom stereocenters. The number of fused-ring (bicyclic) bond motifs is 1. The molecule has 3 fully saturated rings. The number of imide groups is 2. The minimum atomic E-state index is -1.04. The minimum absolute atomic E-state index is 0.0302. The minimum Gasteiger partial charge on any atom is -0.384 e. The number of aryl methyl sites for hydroxylation is 4. The number of pyridine rings is 1. The highest BCUT2D eigenvalue weighted by atomic mass is 16.5. The Morgan fingerprint density at radius 1 is 0.899 bits per heavy atom. The summed E-state index contributed by atoms with van der Waals surface area (Å²) in [7, 11) is 0. The summed E-state index contributed by atoms with van der Waals surface area (Å²) in [4.78, 5) is 88.1. The van der Waals surface area contributed by atoms with E-state index in [0.717, 1.165) is 77.4 Å². The lowest BCUT2D eigenvalue weighted by Gasteiger charge is -2.40. The molecule has 3 unspecified atom stereocenters. The zero-order valence-electron chi connectivity index (χ0n) is 39.8. The van der Waals surface area contributed by atoms with Crippen molar-refractivity contribution >= 4 is 40.9 Å². The number of rotatable bonds is 15. The average molecular weight is 937 g/mol. The summed E-state index contributed by atoms with van der Waals surface area (Å²) in [5, 5.41) is 13.8. The largest absolute Gasteiger partial charge is 0.384 e. The first-order chi connectivity index (χ1) is 33.3. The molecule has 0 saturated carbocycles. The Hall–Kier alpha value is -6.98. The van der Waals surface area contributed by atoms with E-state index in [0.29, 0.717) is 51.4 Å². The molecule has 5 aromatic rings. The van der Waals surface area contributed by atoms with Gasteiger partial charge in [0.05, 0.1) is 23.4 Å². The molecule has 0 spiro atoms. The number of nitrogens with one attached hydrogen (secondary N) is 3. The molecule has 3 N–H and O–H groups in total. The van der Waals surface area contributed by atoms with Gasteiger partial charge in [0.1, 0.15) is 6.04 Å². The number of carbonyl (C=O) groups is 5. The van der Waals surface area contributed by atoms with Crippen LogP contribution in [0.5, 0.6) is 0 Å². The van der Waals surface area contributed by atoms with Crippen LogP contribution in [0, 0.1) is 20.8 Å². The number of benzene rings is 3. The maximum Gasteiger partial charge on any atom is 0.276 e. The van der Waals surface area contributed by atoms with Gasteiger partial charge in [0.2, 0.25) is 11.8 Å². The lowest BCUT2D eigenvalue weighted by atomic mass is 9.95. The van der Waals surface area contributed by atoms with Gasteiger partial charge in [-0.25, -0.2) is 0 Å². The zero-order chi connectivity index (χ0) is 48.3. The van der Waals surface area contributed by atoms with Crippen molar-refractivity contribution in [3.63, 3.8) is 0 Å². The fraction of sp³-hybridized carbons (Fsp3) is 0.423. The molecule has 69 heavy (non-hydrogen) atoms. The second kappa shape index (κ2) is 20.3. The third-order valence-electron chi connectivity index (χ3n) is 14.0. The molecule has 4 aliphatic heterocycles. The number of hydrogen-bond donors (Lipinski definition) is 3. The van der Waals surface area contributed by atoms with Crippen LogP contribution < -0.4 is 21.1 Å². The van der Waals surface area contributed by atoms with Gasteiger partial charge >= 0.3 is 0 Å². The molecule has 17 nitrogen and oxygen atoms in total. The van der Waals surface area contributed by atoms with Crippen LogP contribution in [0.3, 0.4) is 0 Å². The molecule has 3 saturated heterocycles. The van der Waals surface area contributed by atoms with Gasteiger partial charge in [0, 0.05) is 94.1 Å². The summed E-state index contributed by atoms with van der Waals surface area (Å²) < 4.78 is 7.71. The van der Waals surface area contributed by atoms with Crippen LogP contribution >= 0.6 is 0 Å². The van der Waals surface area contributed by atoms with Crippen molar-refractivity contribution in [1.29, 1.82) is 0 Å². The summed E-state index contributed by atoms with van der Waals surface area (Å²) in [5.74, 6) is -2.36. The maximum atomic E-state index is 13.5. The Labute approximate surface area is 401 Å². The van der Waals surface area contributed by atoms with Gasteiger partial charge in [0.15, 0.2) is 5.69 Å². The summed E-state index contributed by atoms with van der Waals surface area (Å²) in [6.07, 6.45) is 5.34. The lowest BCUT2D eigenvalue weighted by Crippen LogP contribution is -2.54. The van der Waals surface area contributed by atoms with Gasteiger partial charge in [-0.05, 0) is 105 Å². The number of ether oxygens (including phenoxy) is 1. The fourth-order valence-electron chi connectivity index (χ4n) is 10.1. The third-order valence-corrected chi connectivity index (χ3v) is 14.0. The molecule has 6 heterocycles. The van der Waals surface area contributed by atoms with Crippen LogP contribution in [0.4, 0.5) is 11.4 Å². The predicted octanol–water partition coefficient (Wildman–Crippen LogP) is 5.38. The van der Waals surface area contributed by atoms with Gasteiger partial charge < -0.3 is 24.8 Å². The number of piperazine rings is 1. The Bertz CT molecular complexity index is 2830. The number of H-pyrrole nitrogens is 1. The van der Waals surface area contributed by atoms with Gasteiger partial charge in [-0.3, -0.25) is 48.6 Å². The summed E-state index contributed by atoms with van der Waals surface area (Å²) in [6.45, 7) is 13.7. The van der Waals surface area contributed by atoms with Gasteiger partial charge in [-0.15, -0.1) is 5.10 Å².